The molecule has 132 heavy (non-hydrogen) atoms. The van der Waals surface area contributed by atoms with Crippen LogP contribution in [0.3, 0.4) is 0 Å². The minimum absolute atomic E-state index is 0.0196. The van der Waals surface area contributed by atoms with E-state index in [0.29, 0.717) is 77.8 Å². The van der Waals surface area contributed by atoms with Crippen LogP contribution in [-0.2, 0) is 49.9 Å². The molecule has 0 unspecified atom stereocenters. The topological polar surface area (TPSA) is 81.0 Å². The van der Waals surface area contributed by atoms with E-state index in [1.54, 1.807) is 84.9 Å². The predicted molar refractivity (Wildman–Crippen MR) is 545 cm³/mol. The van der Waals surface area contributed by atoms with Crippen molar-refractivity contribution in [3.63, 3.8) is 0 Å². The lowest BCUT2D eigenvalue weighted by Crippen LogP contribution is -2.31. The van der Waals surface area contributed by atoms with Crippen LogP contribution in [-0.4, -0.2) is 4.98 Å². The highest BCUT2D eigenvalue weighted by Crippen LogP contribution is 2.59. The molecule has 0 bridgehead atoms. The van der Waals surface area contributed by atoms with Gasteiger partial charge in [0, 0.05) is 161 Å². The summed E-state index contributed by atoms with van der Waals surface area (Å²) >= 11 is 0. The van der Waals surface area contributed by atoms with Crippen LogP contribution in [0.1, 0.15) is 253 Å². The number of benzene rings is 11. The molecule has 11 aromatic carbocycles. The van der Waals surface area contributed by atoms with Crippen molar-refractivity contribution in [2.24, 2.45) is 28.2 Å². The van der Waals surface area contributed by atoms with E-state index in [4.69, 9.17) is 47.8 Å². The van der Waals surface area contributed by atoms with Gasteiger partial charge in [0.25, 0.3) is 0 Å². The Morgan fingerprint density at radius 1 is 0.288 bits per heavy atom. The van der Waals surface area contributed by atoms with E-state index >= 15 is 0 Å². The molecular weight excluding hydrogens is 1610 g/mol. The van der Waals surface area contributed by atoms with Gasteiger partial charge >= 0.3 is 0 Å². The van der Waals surface area contributed by atoms with Gasteiger partial charge in [0.2, 0.25) is 22.8 Å². The van der Waals surface area contributed by atoms with Crippen molar-refractivity contribution >= 4 is 87.8 Å². The van der Waals surface area contributed by atoms with E-state index < -0.39 is 80.9 Å². The molecule has 0 amide bonds. The number of pyridine rings is 5. The molecule has 656 valence electrons. The second-order valence-electron chi connectivity index (χ2n) is 38.0. The second kappa shape index (κ2) is 31.0. The standard InChI is InChI=1S/3C31H30NO.C30H29N2O/c1-18(2)20-13-14-32(6)27(15-20)29-19(3)11-12-22-24-16-23-21-9-7-8-10-25(21)31(4,5)26(23)17-28(24)33-30(22)29;1-18(2)20-15-16-32(6)25(17-20)27-19(3)11-12-23-28-26(33-30(23)27)14-13-22-21-9-7-8-10-24(21)31(4,5)29(22)28;1-18(2)20-15-16-32(6)25(17-20)27-19(3)11-12-22-29-26(33-30(22)27)14-13-24-28(29)21-9-7-8-10-23(21)31(24,4)5;1-17(2)19-13-15-32(6)24(16-19)25-18(3)9-10-20-21-11-12-23-26(28(21)33-27(20)25)22-8-7-14-31-29(22)30(23,4)5/h3*7-18H,1-6H3;7-17H,1-6H3/q4*+1/i4D3,5D3,18D;18D;4D3,5D3,18D;4D3,5D3,17D. The van der Waals surface area contributed by atoms with Crippen LogP contribution in [0.15, 0.2) is 279 Å². The normalized spacial score (nSPS) is 17.6. The molecule has 0 spiro atoms. The number of hydrogen-bond donors (Lipinski definition) is 0. The number of hydrogen-bond acceptors (Lipinski definition) is 5. The van der Waals surface area contributed by atoms with Crippen molar-refractivity contribution in [1.29, 1.82) is 0 Å². The zero-order valence-corrected chi connectivity index (χ0v) is 77.7. The van der Waals surface area contributed by atoms with Crippen LogP contribution in [0.2, 0.25) is 0 Å². The quantitative estimate of drug-likeness (QED) is 0.142. The summed E-state index contributed by atoms with van der Waals surface area (Å²) in [6.07, 6.45) is 9.31. The minimum atomic E-state index is -2.90. The molecule has 0 fully saturated rings. The lowest BCUT2D eigenvalue weighted by Gasteiger charge is -2.22. The molecule has 0 N–H and O–H groups in total. The fourth-order valence-electron chi connectivity index (χ4n) is 21.2. The smallest absolute Gasteiger partial charge is 0.216 e. The van der Waals surface area contributed by atoms with Crippen LogP contribution in [0.5, 0.6) is 0 Å². The number of rotatable bonds is 8. The summed E-state index contributed by atoms with van der Waals surface area (Å²) < 4.78 is 222. The zero-order valence-electron chi connectivity index (χ0n) is 99.7. The Labute approximate surface area is 806 Å². The van der Waals surface area contributed by atoms with Gasteiger partial charge < -0.3 is 17.7 Å². The van der Waals surface area contributed by atoms with Crippen molar-refractivity contribution in [2.75, 3.05) is 0 Å². The van der Waals surface area contributed by atoms with Crippen LogP contribution >= 0.6 is 0 Å². The van der Waals surface area contributed by atoms with Crippen molar-refractivity contribution in [3.05, 3.63) is 351 Å². The van der Waals surface area contributed by atoms with Crippen molar-refractivity contribution in [3.8, 4) is 89.5 Å². The number of nitrogens with zero attached hydrogens (tertiary/aromatic N) is 5. The maximum absolute atomic E-state index is 8.57. The van der Waals surface area contributed by atoms with E-state index in [9.17, 15) is 0 Å². The Morgan fingerprint density at radius 3 is 1.14 bits per heavy atom. The monoisotopic (exact) mass is 1750 g/mol. The largest absolute Gasteiger partial charge is 0.455 e. The second-order valence-corrected chi connectivity index (χ2v) is 38.0. The first-order valence-corrected chi connectivity index (χ1v) is 45.1. The molecule has 9 aromatic heterocycles. The van der Waals surface area contributed by atoms with Gasteiger partial charge in [-0.2, -0.15) is 0 Å². The van der Waals surface area contributed by atoms with Crippen LogP contribution in [0.4, 0.5) is 0 Å². The van der Waals surface area contributed by atoms with E-state index in [-0.39, 0.29) is 33.4 Å². The van der Waals surface area contributed by atoms with Gasteiger partial charge in [-0.25, -0.2) is 18.3 Å². The zero-order chi connectivity index (χ0) is 111. The maximum Gasteiger partial charge on any atom is 0.216 e. The third-order valence-electron chi connectivity index (χ3n) is 28.4. The van der Waals surface area contributed by atoms with Gasteiger partial charge in [-0.1, -0.05) is 262 Å². The lowest BCUT2D eigenvalue weighted by molar-refractivity contribution is -0.660. The average Bonchev–Trinajstić information content (AvgIpc) is 1.52. The minimum Gasteiger partial charge on any atom is -0.455 e. The first-order valence-electron chi connectivity index (χ1n) is 56.1. The Kier molecular flexibility index (Phi) is 14.9. The van der Waals surface area contributed by atoms with Gasteiger partial charge in [-0.3, -0.25) is 4.98 Å². The van der Waals surface area contributed by atoms with Crippen LogP contribution < -0.4 is 18.3 Å². The number of aryl methyl sites for hydroxylation is 8. The molecule has 0 saturated heterocycles. The molecule has 0 radical (unpaired) electrons. The van der Waals surface area contributed by atoms with Gasteiger partial charge in [-0.15, -0.1) is 0 Å². The molecule has 4 aliphatic carbocycles. The van der Waals surface area contributed by atoms with E-state index in [1.807, 2.05) is 221 Å². The van der Waals surface area contributed by atoms with Gasteiger partial charge in [0.15, 0.2) is 24.8 Å². The van der Waals surface area contributed by atoms with Gasteiger partial charge in [0.05, 0.1) is 27.9 Å². The average molecular weight is 1750 g/mol. The molecule has 4 aliphatic rings. The summed E-state index contributed by atoms with van der Waals surface area (Å²) in [6.45, 7) is 10.6. The Hall–Kier alpha value is -13.6. The van der Waals surface area contributed by atoms with E-state index in [0.717, 1.165) is 127 Å². The highest BCUT2D eigenvalue weighted by molar-refractivity contribution is 6.19. The molecule has 24 rings (SSSR count). The Balaban J connectivity index is 0.000000119. The first-order chi connectivity index (χ1) is 71.8. The molecule has 9 heteroatoms. The molecule has 0 aliphatic heterocycles. The number of fused-ring (bicyclic) bond motifs is 27. The van der Waals surface area contributed by atoms with Crippen molar-refractivity contribution < 1.29 is 66.1 Å². The number of aromatic nitrogens is 5. The number of furan rings is 4. The Bertz CT molecular complexity index is 9110. The third-order valence-corrected chi connectivity index (χ3v) is 28.4. The fourth-order valence-corrected chi connectivity index (χ4v) is 21.2. The molecule has 20 aromatic rings. The third kappa shape index (κ3) is 13.0. The molecule has 9 heterocycles. The summed E-state index contributed by atoms with van der Waals surface area (Å²) in [7, 11) is 7.90. The summed E-state index contributed by atoms with van der Waals surface area (Å²) in [5.41, 5.74) is 23.5. The molecular formula is C123H119N5O4+4. The lowest BCUT2D eigenvalue weighted by atomic mass is 9.80. The first kappa shape index (κ1) is 63.4. The van der Waals surface area contributed by atoms with Crippen LogP contribution in [0.25, 0.3) is 177 Å². The van der Waals surface area contributed by atoms with E-state index in [2.05, 4.69) is 98.2 Å². The van der Waals surface area contributed by atoms with Gasteiger partial charge in [-0.05, 0) is 198 Å². The summed E-state index contributed by atoms with van der Waals surface area (Å²) in [5.74, 6) is -3.06. The molecule has 0 atom stereocenters. The van der Waals surface area contributed by atoms with Crippen molar-refractivity contribution in [2.45, 2.75) is 183 Å². The summed E-state index contributed by atoms with van der Waals surface area (Å²) in [6, 6.07) is 73.0. The molecule has 0 saturated carbocycles. The highest BCUT2D eigenvalue weighted by atomic mass is 16.3. The predicted octanol–water partition coefficient (Wildman–Crippen LogP) is 30.7. The van der Waals surface area contributed by atoms with Gasteiger partial charge in [0.1, 0.15) is 72.9 Å². The summed E-state index contributed by atoms with van der Waals surface area (Å²) in [5, 5.41) is 7.10. The van der Waals surface area contributed by atoms with Crippen molar-refractivity contribution in [1.82, 2.24) is 4.98 Å². The molecule has 9 nitrogen and oxygen atoms in total. The maximum atomic E-state index is 8.57. The fraction of sp³-hybridized carbons (Fsp3) is 0.260. The van der Waals surface area contributed by atoms with E-state index in [1.165, 1.54) is 39.4 Å². The van der Waals surface area contributed by atoms with Crippen LogP contribution in [0, 0.1) is 27.7 Å². The highest BCUT2D eigenvalue weighted by Gasteiger charge is 2.44. The SMILES string of the molecule is [2H]C(C)(C)c1cc[n+](C)c(-c2c(C)ccc3c2oc2c4c(ccc23)C(C([2H])([2H])[2H])(C([2H])([2H])[2H])c2ncccc2-4)c1.[2H]C(C)(C)c1cc[n+](C)c(-c2c(C)ccc3c2oc2cc4c(cc23)-c2ccccc2C4(C([2H])([2H])[2H])C([2H])([2H])[2H])c1.[2H]C(C)(C)c1cc[n+](C)c(-c2c(C)ccc3c2oc2ccc4c(c23)-c2ccccc2C4(C([2H])([2H])[2H])C([2H])([2H])[2H])c1.[2H]C(C)(C)c1cc[n+](C)c(-c2c(C)ccc3c2oc2ccc4c(c23)C(C)(C)c2ccccc2-4)c1. The Morgan fingerprint density at radius 2 is 0.652 bits per heavy atom. The summed E-state index contributed by atoms with van der Waals surface area (Å²) in [4.78, 5) is 4.36.